The molecule has 0 unspecified atom stereocenters. The van der Waals surface area contributed by atoms with Crippen molar-refractivity contribution in [3.63, 3.8) is 0 Å². The van der Waals surface area contributed by atoms with Crippen molar-refractivity contribution < 1.29 is 9.53 Å². The highest BCUT2D eigenvalue weighted by molar-refractivity contribution is 9.10. The fourth-order valence-corrected chi connectivity index (χ4v) is 3.02. The van der Waals surface area contributed by atoms with Gasteiger partial charge in [0.15, 0.2) is 0 Å². The molecular formula is C15H21BrN2O2. The number of rotatable bonds is 4. The van der Waals surface area contributed by atoms with Gasteiger partial charge in [-0.2, -0.15) is 0 Å². The van der Waals surface area contributed by atoms with Gasteiger partial charge in [-0.25, -0.2) is 0 Å². The summed E-state index contributed by atoms with van der Waals surface area (Å²) in [5.41, 5.74) is 1.10. The SMILES string of the molecule is CNC[C@@H](C)C(=O)N1CCO[C@H](c2ccccc2Br)C1. The smallest absolute Gasteiger partial charge is 0.226 e. The van der Waals surface area contributed by atoms with Gasteiger partial charge in [-0.15, -0.1) is 0 Å². The van der Waals surface area contributed by atoms with Gasteiger partial charge in [-0.05, 0) is 18.7 Å². The Hall–Kier alpha value is -0.910. The second-order valence-electron chi connectivity index (χ2n) is 5.12. The van der Waals surface area contributed by atoms with E-state index in [2.05, 4.69) is 21.2 Å². The lowest BCUT2D eigenvalue weighted by Gasteiger charge is -2.35. The Kier molecular flexibility index (Phi) is 5.57. The van der Waals surface area contributed by atoms with Gasteiger partial charge < -0.3 is 15.0 Å². The molecule has 1 aromatic rings. The predicted molar refractivity (Wildman–Crippen MR) is 82.5 cm³/mol. The van der Waals surface area contributed by atoms with Crippen LogP contribution in [-0.4, -0.2) is 44.1 Å². The van der Waals surface area contributed by atoms with Crippen LogP contribution in [0.2, 0.25) is 0 Å². The molecule has 1 saturated heterocycles. The first-order valence-electron chi connectivity index (χ1n) is 6.93. The summed E-state index contributed by atoms with van der Waals surface area (Å²) in [6, 6.07) is 8.02. The van der Waals surface area contributed by atoms with Crippen molar-refractivity contribution in [3.05, 3.63) is 34.3 Å². The summed E-state index contributed by atoms with van der Waals surface area (Å²) < 4.78 is 6.86. The molecule has 1 aliphatic heterocycles. The van der Waals surface area contributed by atoms with E-state index in [4.69, 9.17) is 4.74 Å². The Bertz CT molecular complexity index is 467. The molecule has 0 saturated carbocycles. The number of hydrogen-bond donors (Lipinski definition) is 1. The van der Waals surface area contributed by atoms with E-state index in [9.17, 15) is 4.79 Å². The Morgan fingerprint density at radius 3 is 3.00 bits per heavy atom. The fraction of sp³-hybridized carbons (Fsp3) is 0.533. The van der Waals surface area contributed by atoms with Crippen LogP contribution in [0.1, 0.15) is 18.6 Å². The first-order valence-corrected chi connectivity index (χ1v) is 7.72. The number of amides is 1. The number of carbonyl (C=O) groups is 1. The minimum Gasteiger partial charge on any atom is -0.370 e. The summed E-state index contributed by atoms with van der Waals surface area (Å²) in [6.45, 7) is 4.55. The third-order valence-electron chi connectivity index (χ3n) is 3.56. The zero-order chi connectivity index (χ0) is 14.5. The highest BCUT2D eigenvalue weighted by atomic mass is 79.9. The van der Waals surface area contributed by atoms with Gasteiger partial charge >= 0.3 is 0 Å². The zero-order valence-electron chi connectivity index (χ0n) is 11.9. The molecule has 5 heteroatoms. The number of hydrogen-bond acceptors (Lipinski definition) is 3. The van der Waals surface area contributed by atoms with Crippen molar-refractivity contribution >= 4 is 21.8 Å². The molecular weight excluding hydrogens is 320 g/mol. The normalized spacial score (nSPS) is 20.8. The Morgan fingerprint density at radius 2 is 2.30 bits per heavy atom. The lowest BCUT2D eigenvalue weighted by Crippen LogP contribution is -2.46. The van der Waals surface area contributed by atoms with Crippen LogP contribution in [0.4, 0.5) is 0 Å². The van der Waals surface area contributed by atoms with Crippen LogP contribution in [0.5, 0.6) is 0 Å². The molecule has 1 amide bonds. The molecule has 4 nitrogen and oxygen atoms in total. The van der Waals surface area contributed by atoms with Crippen LogP contribution < -0.4 is 5.32 Å². The number of nitrogens with zero attached hydrogens (tertiary/aromatic N) is 1. The third kappa shape index (κ3) is 3.59. The molecule has 0 spiro atoms. The van der Waals surface area contributed by atoms with Crippen LogP contribution in [0.25, 0.3) is 0 Å². The third-order valence-corrected chi connectivity index (χ3v) is 4.28. The van der Waals surface area contributed by atoms with Gasteiger partial charge in [-0.1, -0.05) is 41.1 Å². The summed E-state index contributed by atoms with van der Waals surface area (Å²) in [6.07, 6.45) is -0.0509. The van der Waals surface area contributed by atoms with Crippen LogP contribution in [0.3, 0.4) is 0 Å². The highest BCUT2D eigenvalue weighted by Gasteiger charge is 2.28. The molecule has 0 aliphatic carbocycles. The lowest BCUT2D eigenvalue weighted by atomic mass is 10.1. The number of benzene rings is 1. The van der Waals surface area contributed by atoms with E-state index in [1.807, 2.05) is 43.1 Å². The summed E-state index contributed by atoms with van der Waals surface area (Å²) >= 11 is 3.55. The van der Waals surface area contributed by atoms with Gasteiger partial charge in [-0.3, -0.25) is 4.79 Å². The van der Waals surface area contributed by atoms with E-state index in [-0.39, 0.29) is 17.9 Å². The number of ether oxygens (including phenoxy) is 1. The minimum atomic E-state index is -0.0509. The van der Waals surface area contributed by atoms with Crippen LogP contribution in [-0.2, 0) is 9.53 Å². The largest absolute Gasteiger partial charge is 0.370 e. The summed E-state index contributed by atoms with van der Waals surface area (Å²) in [7, 11) is 1.87. The van der Waals surface area contributed by atoms with Gasteiger partial charge in [0.05, 0.1) is 13.2 Å². The molecule has 20 heavy (non-hydrogen) atoms. The Balaban J connectivity index is 2.05. The van der Waals surface area contributed by atoms with Crippen molar-refractivity contribution in [2.45, 2.75) is 13.0 Å². The molecule has 1 fully saturated rings. The van der Waals surface area contributed by atoms with Crippen LogP contribution in [0, 0.1) is 5.92 Å². The number of morpholine rings is 1. The molecule has 1 aliphatic rings. The maximum absolute atomic E-state index is 12.4. The standard InChI is InChI=1S/C15H21BrN2O2/c1-11(9-17-2)15(19)18-7-8-20-14(10-18)12-5-3-4-6-13(12)16/h3-6,11,14,17H,7-10H2,1-2H3/t11-,14+/m1/s1. The summed E-state index contributed by atoms with van der Waals surface area (Å²) in [4.78, 5) is 14.3. The van der Waals surface area contributed by atoms with Gasteiger partial charge in [0, 0.05) is 23.5 Å². The zero-order valence-corrected chi connectivity index (χ0v) is 13.5. The second-order valence-corrected chi connectivity index (χ2v) is 5.98. The monoisotopic (exact) mass is 340 g/mol. The van der Waals surface area contributed by atoms with Gasteiger partial charge in [0.25, 0.3) is 0 Å². The first-order chi connectivity index (χ1) is 9.63. The molecule has 110 valence electrons. The van der Waals surface area contributed by atoms with Crippen molar-refractivity contribution in [1.29, 1.82) is 0 Å². The predicted octanol–water partition coefficient (Wildman–Crippen LogP) is 2.20. The number of halogens is 1. The molecule has 0 aromatic heterocycles. The van der Waals surface area contributed by atoms with Crippen molar-refractivity contribution in [1.82, 2.24) is 10.2 Å². The van der Waals surface area contributed by atoms with Crippen LogP contribution >= 0.6 is 15.9 Å². The van der Waals surface area contributed by atoms with Crippen LogP contribution in [0.15, 0.2) is 28.7 Å². The maximum atomic E-state index is 12.4. The second kappa shape index (κ2) is 7.20. The van der Waals surface area contributed by atoms with Crippen molar-refractivity contribution in [3.8, 4) is 0 Å². The fourth-order valence-electron chi connectivity index (χ4n) is 2.48. The van der Waals surface area contributed by atoms with E-state index >= 15 is 0 Å². The average molecular weight is 341 g/mol. The van der Waals surface area contributed by atoms with E-state index in [1.54, 1.807) is 0 Å². The molecule has 2 rings (SSSR count). The topological polar surface area (TPSA) is 41.6 Å². The number of carbonyl (C=O) groups excluding carboxylic acids is 1. The van der Waals surface area contributed by atoms with Crippen molar-refractivity contribution in [2.24, 2.45) is 5.92 Å². The molecule has 0 bridgehead atoms. The Labute approximate surface area is 128 Å². The first kappa shape index (κ1) is 15.5. The molecule has 0 radical (unpaired) electrons. The average Bonchev–Trinajstić information content (AvgIpc) is 2.47. The molecule has 1 aromatic carbocycles. The van der Waals surface area contributed by atoms with E-state index in [0.717, 1.165) is 10.0 Å². The summed E-state index contributed by atoms with van der Waals surface area (Å²) in [5, 5.41) is 3.05. The number of nitrogens with one attached hydrogen (secondary N) is 1. The highest BCUT2D eigenvalue weighted by Crippen LogP contribution is 2.28. The molecule has 1 N–H and O–H groups in total. The lowest BCUT2D eigenvalue weighted by molar-refractivity contribution is -0.142. The molecule has 2 atom stereocenters. The quantitative estimate of drug-likeness (QED) is 0.913. The van der Waals surface area contributed by atoms with E-state index in [1.165, 1.54) is 0 Å². The Morgan fingerprint density at radius 1 is 1.55 bits per heavy atom. The van der Waals surface area contributed by atoms with Gasteiger partial charge in [0.1, 0.15) is 6.10 Å². The molecule has 1 heterocycles. The van der Waals surface area contributed by atoms with E-state index in [0.29, 0.717) is 26.2 Å². The minimum absolute atomic E-state index is 0.00189. The van der Waals surface area contributed by atoms with E-state index < -0.39 is 0 Å². The van der Waals surface area contributed by atoms with Crippen molar-refractivity contribution in [2.75, 3.05) is 33.3 Å². The summed E-state index contributed by atoms with van der Waals surface area (Å²) in [5.74, 6) is 0.192. The maximum Gasteiger partial charge on any atom is 0.226 e. The van der Waals surface area contributed by atoms with Gasteiger partial charge in [0.2, 0.25) is 5.91 Å².